The number of Topliss-reactive ketones (excluding diaryl/α,β-unsaturated/α-hetero) is 1. The number of rotatable bonds is 7. The predicted molar refractivity (Wildman–Crippen MR) is 71.2 cm³/mol. The molecule has 0 saturated heterocycles. The predicted octanol–water partition coefficient (Wildman–Crippen LogP) is 1.92. The van der Waals surface area contributed by atoms with E-state index in [0.29, 0.717) is 4.91 Å². The highest BCUT2D eigenvalue weighted by Crippen LogP contribution is 2.26. The van der Waals surface area contributed by atoms with Crippen molar-refractivity contribution in [1.29, 1.82) is 0 Å². The molecule has 0 aromatic carbocycles. The van der Waals surface area contributed by atoms with Gasteiger partial charge in [-0.3, -0.25) is 9.59 Å². The van der Waals surface area contributed by atoms with Gasteiger partial charge in [0.15, 0.2) is 5.78 Å². The maximum Gasteiger partial charge on any atom is 0.308 e. The molecule has 4 nitrogen and oxygen atoms in total. The third-order valence-electron chi connectivity index (χ3n) is 2.91. The van der Waals surface area contributed by atoms with Crippen LogP contribution >= 0.6 is 11.8 Å². The summed E-state index contributed by atoms with van der Waals surface area (Å²) in [5.41, 5.74) is 0. The van der Waals surface area contributed by atoms with E-state index in [9.17, 15) is 14.7 Å². The molecule has 102 valence electrons. The Morgan fingerprint density at radius 1 is 1.61 bits per heavy atom. The molecule has 0 heterocycles. The van der Waals surface area contributed by atoms with E-state index < -0.39 is 6.10 Å². The fourth-order valence-corrected chi connectivity index (χ4v) is 2.87. The number of esters is 1. The van der Waals surface area contributed by atoms with Crippen LogP contribution in [-0.4, -0.2) is 35.8 Å². The highest BCUT2D eigenvalue weighted by atomic mass is 32.2. The number of allylic oxidation sites excluding steroid dienone is 1. The van der Waals surface area contributed by atoms with Crippen LogP contribution < -0.4 is 0 Å². The monoisotopic (exact) mass is 272 g/mol. The van der Waals surface area contributed by atoms with Gasteiger partial charge in [-0.05, 0) is 24.7 Å². The number of ether oxygens (including phenoxy) is 1. The number of unbranched alkanes of at least 4 members (excludes halogenated alkanes) is 1. The lowest BCUT2D eigenvalue weighted by atomic mass is 10.1. The van der Waals surface area contributed by atoms with E-state index in [2.05, 4.69) is 4.74 Å². The van der Waals surface area contributed by atoms with Crippen LogP contribution in [0, 0.1) is 5.92 Å². The van der Waals surface area contributed by atoms with Gasteiger partial charge in [0.2, 0.25) is 0 Å². The number of carbonyl (C=O) groups is 2. The topological polar surface area (TPSA) is 63.6 Å². The molecule has 0 aromatic rings. The summed E-state index contributed by atoms with van der Waals surface area (Å²) in [5, 5.41) is 9.27. The molecule has 0 aromatic heterocycles. The number of thioether (sulfide) groups is 1. The second kappa shape index (κ2) is 7.59. The smallest absolute Gasteiger partial charge is 0.308 e. The summed E-state index contributed by atoms with van der Waals surface area (Å²) in [5.74, 6) is 0.655. The van der Waals surface area contributed by atoms with Crippen molar-refractivity contribution in [3.63, 3.8) is 0 Å². The first kappa shape index (κ1) is 15.2. The molecule has 0 bridgehead atoms. The van der Waals surface area contributed by atoms with Crippen molar-refractivity contribution in [1.82, 2.24) is 0 Å². The molecule has 2 unspecified atom stereocenters. The molecule has 1 N–H and O–H groups in total. The molecule has 0 spiro atoms. The quantitative estimate of drug-likeness (QED) is 0.566. The van der Waals surface area contributed by atoms with Crippen LogP contribution in [0.25, 0.3) is 0 Å². The van der Waals surface area contributed by atoms with E-state index in [4.69, 9.17) is 0 Å². The van der Waals surface area contributed by atoms with E-state index in [1.807, 2.05) is 6.92 Å². The Morgan fingerprint density at radius 3 is 2.89 bits per heavy atom. The van der Waals surface area contributed by atoms with Gasteiger partial charge >= 0.3 is 5.97 Å². The average Bonchev–Trinajstić information content (AvgIpc) is 2.66. The third-order valence-corrected chi connectivity index (χ3v) is 4.07. The summed E-state index contributed by atoms with van der Waals surface area (Å²) in [6, 6.07) is 0. The molecule has 0 aliphatic heterocycles. The lowest BCUT2D eigenvalue weighted by Gasteiger charge is -2.08. The number of hydrogen-bond donors (Lipinski definition) is 1. The lowest BCUT2D eigenvalue weighted by Crippen LogP contribution is -2.12. The molecule has 1 aliphatic carbocycles. The van der Waals surface area contributed by atoms with Crippen molar-refractivity contribution in [3.8, 4) is 0 Å². The van der Waals surface area contributed by atoms with Crippen molar-refractivity contribution in [2.24, 2.45) is 5.92 Å². The number of aliphatic hydroxyl groups is 1. The van der Waals surface area contributed by atoms with Crippen molar-refractivity contribution in [3.05, 3.63) is 11.0 Å². The van der Waals surface area contributed by atoms with Crippen LogP contribution in [0.3, 0.4) is 0 Å². The minimum atomic E-state index is -0.598. The zero-order chi connectivity index (χ0) is 13.5. The first-order chi connectivity index (χ1) is 8.54. The van der Waals surface area contributed by atoms with Gasteiger partial charge in [-0.25, -0.2) is 0 Å². The summed E-state index contributed by atoms with van der Waals surface area (Å²) < 4.78 is 4.65. The molecule has 0 amide bonds. The van der Waals surface area contributed by atoms with Crippen molar-refractivity contribution < 1.29 is 19.4 Å². The molecule has 2 atom stereocenters. The van der Waals surface area contributed by atoms with Gasteiger partial charge in [0.25, 0.3) is 0 Å². The molecule has 0 radical (unpaired) electrons. The normalized spacial score (nSPS) is 20.7. The first-order valence-corrected chi connectivity index (χ1v) is 7.17. The fraction of sp³-hybridized carbons (Fsp3) is 0.692. The minimum Gasteiger partial charge on any atom is -0.469 e. The standard InChI is InChI=1S/C13H20O4S/c1-9(13(16)17-2)5-3-4-6-18-12-8-10(14)7-11(12)15/h8-10,14H,3-7H2,1-2H3. The Kier molecular flexibility index (Phi) is 6.43. The zero-order valence-corrected chi connectivity index (χ0v) is 11.7. The molecular formula is C13H20O4S. The largest absolute Gasteiger partial charge is 0.469 e. The lowest BCUT2D eigenvalue weighted by molar-refractivity contribution is -0.145. The van der Waals surface area contributed by atoms with E-state index in [-0.39, 0.29) is 24.1 Å². The Labute approximate surface area is 112 Å². The molecule has 0 fully saturated rings. The second-order valence-corrected chi connectivity index (χ2v) is 5.63. The third kappa shape index (κ3) is 4.82. The van der Waals surface area contributed by atoms with Gasteiger partial charge in [-0.2, -0.15) is 0 Å². The minimum absolute atomic E-state index is 0.0374. The van der Waals surface area contributed by atoms with Crippen molar-refractivity contribution in [2.75, 3.05) is 12.9 Å². The highest BCUT2D eigenvalue weighted by Gasteiger charge is 2.22. The maximum absolute atomic E-state index is 11.4. The van der Waals surface area contributed by atoms with E-state index in [0.717, 1.165) is 25.0 Å². The number of aliphatic hydroxyl groups excluding tert-OH is 1. The molecule has 5 heteroatoms. The Balaban J connectivity index is 2.11. The van der Waals surface area contributed by atoms with Crippen LogP contribution in [0.5, 0.6) is 0 Å². The zero-order valence-electron chi connectivity index (χ0n) is 10.8. The van der Waals surface area contributed by atoms with Gasteiger partial charge in [-0.15, -0.1) is 11.8 Å². The van der Waals surface area contributed by atoms with Gasteiger partial charge in [0.05, 0.1) is 19.1 Å². The molecular weight excluding hydrogens is 252 g/mol. The number of ketones is 1. The summed E-state index contributed by atoms with van der Waals surface area (Å²) in [6.07, 6.45) is 3.95. The summed E-state index contributed by atoms with van der Waals surface area (Å²) in [6.45, 7) is 1.86. The summed E-state index contributed by atoms with van der Waals surface area (Å²) >= 11 is 1.50. The van der Waals surface area contributed by atoms with E-state index in [1.54, 1.807) is 6.08 Å². The van der Waals surface area contributed by atoms with Gasteiger partial charge in [0.1, 0.15) is 0 Å². The fourth-order valence-electron chi connectivity index (χ4n) is 1.80. The molecule has 18 heavy (non-hydrogen) atoms. The van der Waals surface area contributed by atoms with Crippen LogP contribution in [0.1, 0.15) is 32.6 Å². The van der Waals surface area contributed by atoms with Crippen LogP contribution in [-0.2, 0) is 14.3 Å². The Morgan fingerprint density at radius 2 is 2.33 bits per heavy atom. The van der Waals surface area contributed by atoms with Crippen LogP contribution in [0.2, 0.25) is 0 Å². The summed E-state index contributed by atoms with van der Waals surface area (Å²) in [4.78, 5) is 23.2. The molecule has 1 aliphatic rings. The van der Waals surface area contributed by atoms with Crippen molar-refractivity contribution >= 4 is 23.5 Å². The first-order valence-electron chi connectivity index (χ1n) is 6.18. The highest BCUT2D eigenvalue weighted by molar-refractivity contribution is 8.04. The maximum atomic E-state index is 11.4. The SMILES string of the molecule is COC(=O)C(C)CCCCSC1=CC(O)CC1=O. The van der Waals surface area contributed by atoms with Gasteiger partial charge in [-0.1, -0.05) is 13.3 Å². The number of hydrogen-bond acceptors (Lipinski definition) is 5. The van der Waals surface area contributed by atoms with E-state index in [1.165, 1.54) is 18.9 Å². The average molecular weight is 272 g/mol. The summed E-state index contributed by atoms with van der Waals surface area (Å²) in [7, 11) is 1.40. The Bertz CT molecular complexity index is 338. The van der Waals surface area contributed by atoms with Crippen LogP contribution in [0.4, 0.5) is 0 Å². The second-order valence-electron chi connectivity index (χ2n) is 4.49. The van der Waals surface area contributed by atoms with Crippen LogP contribution in [0.15, 0.2) is 11.0 Å². The van der Waals surface area contributed by atoms with Gasteiger partial charge in [0, 0.05) is 11.3 Å². The number of methoxy groups -OCH3 is 1. The Hall–Kier alpha value is -0.810. The molecule has 1 rings (SSSR count). The van der Waals surface area contributed by atoms with Gasteiger partial charge < -0.3 is 9.84 Å². The molecule has 0 saturated carbocycles. The van der Waals surface area contributed by atoms with E-state index >= 15 is 0 Å². The van der Waals surface area contributed by atoms with Crippen molar-refractivity contribution in [2.45, 2.75) is 38.7 Å². The number of carbonyl (C=O) groups excluding carboxylic acids is 2.